The van der Waals surface area contributed by atoms with Gasteiger partial charge >= 0.3 is 0 Å². The first-order valence-electron chi connectivity index (χ1n) is 14.2. The summed E-state index contributed by atoms with van der Waals surface area (Å²) in [7, 11) is 0. The largest absolute Gasteiger partial charge is 0.494 e. The maximum atomic E-state index is 14.3. The molecule has 0 aromatic heterocycles. The number of ether oxygens (including phenoxy) is 2. The maximum absolute atomic E-state index is 14.3. The molecule has 2 atom stereocenters. The molecule has 0 unspecified atom stereocenters. The molecule has 43 heavy (non-hydrogen) atoms. The summed E-state index contributed by atoms with van der Waals surface area (Å²) in [4.78, 5) is 19.3. The third kappa shape index (κ3) is 7.64. The average molecular weight is 663 g/mol. The number of benzene rings is 4. The predicted molar refractivity (Wildman–Crippen MR) is 172 cm³/mol. The Morgan fingerprint density at radius 2 is 1.67 bits per heavy atom. The summed E-state index contributed by atoms with van der Waals surface area (Å²) in [5.41, 5.74) is 8.33. The van der Waals surface area contributed by atoms with E-state index in [1.54, 1.807) is 0 Å². The maximum Gasteiger partial charge on any atom is 0.266 e. The van der Waals surface area contributed by atoms with Crippen LogP contribution in [0.15, 0.2) is 113 Å². The predicted octanol–water partition coefficient (Wildman–Crippen LogP) is 6.23. The molecule has 9 heteroatoms. The molecule has 4 aromatic carbocycles. The molecule has 0 aliphatic carbocycles. The normalized spacial score (nSPS) is 17.7. The zero-order valence-corrected chi connectivity index (χ0v) is 25.9. The van der Waals surface area contributed by atoms with Crippen LogP contribution in [0.25, 0.3) is 0 Å². The molecule has 222 valence electrons. The fourth-order valence-corrected chi connectivity index (χ4v) is 5.58. The van der Waals surface area contributed by atoms with Gasteiger partial charge in [-0.15, -0.1) is 0 Å². The van der Waals surface area contributed by atoms with Crippen molar-refractivity contribution < 1.29 is 19.4 Å². The van der Waals surface area contributed by atoms with Crippen LogP contribution >= 0.6 is 27.5 Å². The van der Waals surface area contributed by atoms with E-state index in [-0.39, 0.29) is 12.5 Å². The minimum Gasteiger partial charge on any atom is -0.494 e. The van der Waals surface area contributed by atoms with Crippen LogP contribution < -0.4 is 15.6 Å². The van der Waals surface area contributed by atoms with Crippen LogP contribution in [0, 0.1) is 0 Å². The van der Waals surface area contributed by atoms with Crippen LogP contribution in [0.5, 0.6) is 5.75 Å². The fraction of sp³-hybridized carbons (Fsp3) is 0.235. The van der Waals surface area contributed by atoms with Gasteiger partial charge < -0.3 is 14.6 Å². The molecule has 0 fully saturated rings. The number of amides is 1. The lowest BCUT2D eigenvalue weighted by Crippen LogP contribution is -2.54. The summed E-state index contributed by atoms with van der Waals surface area (Å²) in [5, 5.41) is 9.73. The van der Waals surface area contributed by atoms with E-state index in [1.165, 1.54) is 0 Å². The summed E-state index contributed by atoms with van der Waals surface area (Å²) in [5.74, 6) is 0.749. The lowest BCUT2D eigenvalue weighted by atomic mass is 9.82. The van der Waals surface area contributed by atoms with Crippen molar-refractivity contribution in [3.05, 3.63) is 135 Å². The smallest absolute Gasteiger partial charge is 0.266 e. The van der Waals surface area contributed by atoms with Crippen LogP contribution in [-0.4, -0.2) is 42.2 Å². The molecule has 0 saturated heterocycles. The highest BCUT2D eigenvalue weighted by atomic mass is 79.9. The zero-order chi connectivity index (χ0) is 30.1. The molecule has 3 N–H and O–H groups in total. The second kappa shape index (κ2) is 14.7. The van der Waals surface area contributed by atoms with E-state index in [2.05, 4.69) is 26.8 Å². The Morgan fingerprint density at radius 3 is 2.40 bits per heavy atom. The van der Waals surface area contributed by atoms with Gasteiger partial charge in [-0.3, -0.25) is 10.2 Å². The minimum absolute atomic E-state index is 0.0701. The van der Waals surface area contributed by atoms with Gasteiger partial charge in [0.15, 0.2) is 11.6 Å². The van der Waals surface area contributed by atoms with Crippen molar-refractivity contribution in [3.8, 4) is 5.75 Å². The molecular formula is C34H33BrClN3O4. The third-order valence-electron chi connectivity index (χ3n) is 7.19. The van der Waals surface area contributed by atoms with Crippen molar-refractivity contribution in [2.45, 2.75) is 30.9 Å². The Morgan fingerprint density at radius 1 is 0.953 bits per heavy atom. The number of carbonyl (C=O) groups excluding carboxylic acids is 1. The van der Waals surface area contributed by atoms with Crippen LogP contribution in [-0.2, 0) is 22.4 Å². The second-order valence-corrected chi connectivity index (χ2v) is 11.5. The number of aliphatic hydroxyl groups excluding tert-OH is 1. The number of hydrazine groups is 1. The van der Waals surface area contributed by atoms with E-state index in [0.29, 0.717) is 49.1 Å². The van der Waals surface area contributed by atoms with Crippen molar-refractivity contribution >= 4 is 39.3 Å². The molecule has 0 saturated carbocycles. The van der Waals surface area contributed by atoms with E-state index >= 15 is 0 Å². The summed E-state index contributed by atoms with van der Waals surface area (Å²) >= 11 is 9.70. The van der Waals surface area contributed by atoms with Gasteiger partial charge in [0.1, 0.15) is 5.75 Å². The molecular weight excluding hydrogens is 630 g/mol. The first kappa shape index (κ1) is 30.8. The van der Waals surface area contributed by atoms with Crippen molar-refractivity contribution in [2.24, 2.45) is 4.99 Å². The lowest BCUT2D eigenvalue weighted by molar-refractivity contribution is -0.130. The van der Waals surface area contributed by atoms with Crippen molar-refractivity contribution in [2.75, 3.05) is 19.8 Å². The number of halogens is 2. The van der Waals surface area contributed by atoms with Crippen LogP contribution in [0.1, 0.15) is 34.8 Å². The Labute approximate surface area is 265 Å². The van der Waals surface area contributed by atoms with Gasteiger partial charge in [0.05, 0.1) is 6.61 Å². The molecule has 5 rings (SSSR count). The SMILES string of the molecule is O=C(NNCCc1ccc(Cl)cc1)[C@@]1(Cc2ccccc2)N=C(c2ccc(OCCCO)cc2)O[C@H]1c1ccccc1Br. The number of carbonyl (C=O) groups is 1. The minimum atomic E-state index is -1.32. The van der Waals surface area contributed by atoms with E-state index in [9.17, 15) is 4.79 Å². The molecule has 0 radical (unpaired) electrons. The van der Waals surface area contributed by atoms with Gasteiger partial charge in [-0.05, 0) is 60.0 Å². The average Bonchev–Trinajstić information content (AvgIpc) is 3.41. The number of aliphatic hydroxyl groups is 1. The Kier molecular flexibility index (Phi) is 10.5. The van der Waals surface area contributed by atoms with E-state index < -0.39 is 11.6 Å². The molecule has 1 aliphatic heterocycles. The number of rotatable bonds is 13. The third-order valence-corrected chi connectivity index (χ3v) is 8.16. The molecule has 7 nitrogen and oxygen atoms in total. The first-order valence-corrected chi connectivity index (χ1v) is 15.3. The molecule has 4 aromatic rings. The van der Waals surface area contributed by atoms with Gasteiger partial charge in [0, 0.05) is 46.6 Å². The Bertz CT molecular complexity index is 1530. The highest BCUT2D eigenvalue weighted by molar-refractivity contribution is 9.10. The van der Waals surface area contributed by atoms with Crippen LogP contribution in [0.2, 0.25) is 5.02 Å². The highest BCUT2D eigenvalue weighted by Gasteiger charge is 2.53. The van der Waals surface area contributed by atoms with Gasteiger partial charge in [-0.1, -0.05) is 88.2 Å². The van der Waals surface area contributed by atoms with E-state index in [4.69, 9.17) is 31.2 Å². The molecule has 0 spiro atoms. The van der Waals surface area contributed by atoms with Gasteiger partial charge in [-0.2, -0.15) is 0 Å². The quantitative estimate of drug-likeness (QED) is 0.117. The molecule has 1 amide bonds. The number of hydrogen-bond donors (Lipinski definition) is 3. The molecule has 0 bridgehead atoms. The number of hydrogen-bond acceptors (Lipinski definition) is 6. The second-order valence-electron chi connectivity index (χ2n) is 10.2. The van der Waals surface area contributed by atoms with E-state index in [1.807, 2.05) is 103 Å². The summed E-state index contributed by atoms with van der Waals surface area (Å²) in [6, 6.07) is 32.6. The van der Waals surface area contributed by atoms with Crippen molar-refractivity contribution in [1.29, 1.82) is 0 Å². The molecule has 1 heterocycles. The fourth-order valence-electron chi connectivity index (χ4n) is 4.96. The first-order chi connectivity index (χ1) is 21.0. The van der Waals surface area contributed by atoms with Crippen LogP contribution in [0.3, 0.4) is 0 Å². The number of nitrogens with one attached hydrogen (secondary N) is 2. The Balaban J connectivity index is 1.46. The Hall–Kier alpha value is -3.69. The van der Waals surface area contributed by atoms with Gasteiger partial charge in [0.25, 0.3) is 5.91 Å². The standard InChI is InChI=1S/C34H33BrClN3O4/c35-30-10-5-4-9-29(30)31-34(23-25-7-2-1-3-8-25,33(41)39-37-20-19-24-11-15-27(36)16-12-24)38-32(43-31)26-13-17-28(18-14-26)42-22-6-21-40/h1-5,7-18,31,37,40H,6,19-23H2,(H,39,41)/t31-,34-/m0/s1. The highest BCUT2D eigenvalue weighted by Crippen LogP contribution is 2.44. The molecule has 1 aliphatic rings. The summed E-state index contributed by atoms with van der Waals surface area (Å²) in [6.07, 6.45) is 0.859. The van der Waals surface area contributed by atoms with Crippen LogP contribution in [0.4, 0.5) is 0 Å². The lowest BCUT2D eigenvalue weighted by Gasteiger charge is -2.31. The van der Waals surface area contributed by atoms with E-state index in [0.717, 1.165) is 26.7 Å². The monoisotopic (exact) mass is 661 g/mol. The van der Waals surface area contributed by atoms with Crippen molar-refractivity contribution in [1.82, 2.24) is 10.9 Å². The van der Waals surface area contributed by atoms with Gasteiger partial charge in [-0.25, -0.2) is 10.4 Å². The number of aliphatic imine (C=N–C) groups is 1. The summed E-state index contributed by atoms with van der Waals surface area (Å²) in [6.45, 7) is 1.01. The topological polar surface area (TPSA) is 92.2 Å². The number of nitrogens with zero attached hydrogens (tertiary/aromatic N) is 1. The van der Waals surface area contributed by atoms with Crippen molar-refractivity contribution in [3.63, 3.8) is 0 Å². The summed E-state index contributed by atoms with van der Waals surface area (Å²) < 4.78 is 13.1. The zero-order valence-electron chi connectivity index (χ0n) is 23.5. The van der Waals surface area contributed by atoms with Gasteiger partial charge in [0.2, 0.25) is 5.90 Å².